The molecule has 1 aromatic heterocycles. The molecular formula is C31H29F5N4O4S. The zero-order chi connectivity index (χ0) is 32.2. The molecule has 2 aromatic carbocycles. The number of fused-ring (bicyclic) bond motifs is 1. The number of halogens is 5. The third kappa shape index (κ3) is 5.37. The molecule has 238 valence electrons. The Kier molecular flexibility index (Phi) is 8.14. The van der Waals surface area contributed by atoms with E-state index in [0.29, 0.717) is 32.7 Å². The number of hydrogen-bond acceptors (Lipinski definition) is 5. The van der Waals surface area contributed by atoms with Crippen LogP contribution in [0.3, 0.4) is 0 Å². The Hall–Kier alpha value is -3.91. The summed E-state index contributed by atoms with van der Waals surface area (Å²) in [5.41, 5.74) is 2.96. The normalized spacial score (nSPS) is 19.0. The molecule has 3 heterocycles. The molecular weight excluding hydrogens is 619 g/mol. The topological polar surface area (TPSA) is 90.9 Å². The number of sulfonamides is 1. The van der Waals surface area contributed by atoms with Crippen LogP contribution in [0, 0.1) is 29.1 Å². The van der Waals surface area contributed by atoms with Crippen LogP contribution >= 0.6 is 0 Å². The van der Waals surface area contributed by atoms with Crippen molar-refractivity contribution in [2.24, 2.45) is 0 Å². The summed E-state index contributed by atoms with van der Waals surface area (Å²) in [5, 5.41) is 0. The minimum absolute atomic E-state index is 0.0653. The van der Waals surface area contributed by atoms with Crippen LogP contribution in [0.2, 0.25) is 0 Å². The molecule has 2 amide bonds. The van der Waals surface area contributed by atoms with Crippen LogP contribution in [0.4, 0.5) is 27.6 Å². The second-order valence-corrected chi connectivity index (χ2v) is 13.5. The maximum Gasteiger partial charge on any atom is 0.254 e. The third-order valence-electron chi connectivity index (χ3n) is 8.89. The molecule has 6 rings (SSSR count). The largest absolute Gasteiger partial charge is 0.337 e. The third-order valence-corrected chi connectivity index (χ3v) is 10.8. The minimum atomic E-state index is -5.33. The van der Waals surface area contributed by atoms with Gasteiger partial charge in [-0.3, -0.25) is 14.6 Å². The summed E-state index contributed by atoms with van der Waals surface area (Å²) >= 11 is 0. The maximum absolute atomic E-state index is 14.6. The van der Waals surface area contributed by atoms with Crippen molar-refractivity contribution in [2.45, 2.75) is 68.5 Å². The molecule has 8 nitrogen and oxygen atoms in total. The van der Waals surface area contributed by atoms with E-state index in [2.05, 4.69) is 4.98 Å². The Morgan fingerprint density at radius 2 is 1.60 bits per heavy atom. The second kappa shape index (κ2) is 11.8. The molecule has 0 N–H and O–H groups in total. The van der Waals surface area contributed by atoms with Crippen LogP contribution in [0.1, 0.15) is 71.6 Å². The van der Waals surface area contributed by atoms with Crippen LogP contribution in [0.25, 0.3) is 0 Å². The van der Waals surface area contributed by atoms with Gasteiger partial charge in [0.1, 0.15) is 6.04 Å². The monoisotopic (exact) mass is 648 g/mol. The van der Waals surface area contributed by atoms with Gasteiger partial charge in [-0.05, 0) is 60.6 Å². The highest BCUT2D eigenvalue weighted by Crippen LogP contribution is 2.36. The Bertz CT molecular complexity index is 1770. The number of carbonyl (C=O) groups excluding carboxylic acids is 2. The summed E-state index contributed by atoms with van der Waals surface area (Å²) < 4.78 is 97.6. The van der Waals surface area contributed by atoms with Gasteiger partial charge < -0.3 is 9.80 Å². The van der Waals surface area contributed by atoms with Crippen LogP contribution in [-0.4, -0.2) is 54.1 Å². The lowest BCUT2D eigenvalue weighted by molar-refractivity contribution is -0.125. The van der Waals surface area contributed by atoms with E-state index in [1.54, 1.807) is 31.4 Å². The molecule has 1 aliphatic carbocycles. The Morgan fingerprint density at radius 3 is 2.20 bits per heavy atom. The molecule has 2 aliphatic heterocycles. The maximum atomic E-state index is 14.6. The zero-order valence-corrected chi connectivity index (χ0v) is 25.0. The Labute approximate surface area is 256 Å². The highest BCUT2D eigenvalue weighted by atomic mass is 32.2. The van der Waals surface area contributed by atoms with E-state index in [1.165, 1.54) is 22.3 Å². The van der Waals surface area contributed by atoms with E-state index < -0.39 is 56.0 Å². The van der Waals surface area contributed by atoms with Gasteiger partial charge in [-0.25, -0.2) is 30.4 Å². The van der Waals surface area contributed by atoms with Crippen molar-refractivity contribution in [3.63, 3.8) is 0 Å². The summed E-state index contributed by atoms with van der Waals surface area (Å²) in [6, 6.07) is 6.95. The Morgan fingerprint density at radius 1 is 0.933 bits per heavy atom. The highest BCUT2D eigenvalue weighted by Gasteiger charge is 2.48. The van der Waals surface area contributed by atoms with Gasteiger partial charge in [-0.1, -0.05) is 25.3 Å². The number of aromatic nitrogens is 1. The first kappa shape index (κ1) is 31.1. The lowest BCUT2D eigenvalue weighted by atomic mass is 9.85. The van der Waals surface area contributed by atoms with Gasteiger partial charge in [0.2, 0.25) is 21.7 Å². The smallest absolute Gasteiger partial charge is 0.254 e. The number of nitrogens with zero attached hydrogens (tertiary/aromatic N) is 4. The fourth-order valence-electron chi connectivity index (χ4n) is 6.29. The van der Waals surface area contributed by atoms with Crippen LogP contribution < -0.4 is 4.90 Å². The molecule has 45 heavy (non-hydrogen) atoms. The predicted molar refractivity (Wildman–Crippen MR) is 152 cm³/mol. The van der Waals surface area contributed by atoms with Gasteiger partial charge in [0.05, 0.1) is 12.2 Å². The van der Waals surface area contributed by atoms with Crippen molar-refractivity contribution in [3.05, 3.63) is 88.0 Å². The van der Waals surface area contributed by atoms with Crippen molar-refractivity contribution < 1.29 is 40.0 Å². The fourth-order valence-corrected chi connectivity index (χ4v) is 8.04. The first-order valence-corrected chi connectivity index (χ1v) is 16.0. The standard InChI is InChI=1S/C31H29F5N4O4S/c1-38-15-19-13-21(9-10-22(19)30(38)41)39(16-20-8-7-18(14-37-20)17-5-3-2-4-6-17)31(42)23-11-12-40(23)45(43,44)29-27(35)25(33)24(32)26(34)28(29)36/h7-10,13-14,17,23H,2-6,11-12,15-16H2,1H3. The number of rotatable bonds is 7. The molecule has 3 aliphatic rings. The van der Waals surface area contributed by atoms with Crippen molar-refractivity contribution in [3.8, 4) is 0 Å². The summed E-state index contributed by atoms with van der Waals surface area (Å²) in [6.07, 6.45) is 7.27. The summed E-state index contributed by atoms with van der Waals surface area (Å²) in [4.78, 5) is 31.8. The minimum Gasteiger partial charge on any atom is -0.337 e. The van der Waals surface area contributed by atoms with E-state index in [0.717, 1.165) is 31.2 Å². The number of pyridine rings is 1. The molecule has 0 bridgehead atoms. The van der Waals surface area contributed by atoms with Crippen molar-refractivity contribution >= 4 is 27.5 Å². The van der Waals surface area contributed by atoms with Gasteiger partial charge in [-0.2, -0.15) is 4.31 Å². The zero-order valence-electron chi connectivity index (χ0n) is 24.2. The van der Waals surface area contributed by atoms with Crippen molar-refractivity contribution in [2.75, 3.05) is 18.5 Å². The van der Waals surface area contributed by atoms with Gasteiger partial charge in [-0.15, -0.1) is 0 Å². The van der Waals surface area contributed by atoms with Crippen molar-refractivity contribution in [1.29, 1.82) is 0 Å². The quantitative estimate of drug-likeness (QED) is 0.194. The number of carbonyl (C=O) groups is 2. The van der Waals surface area contributed by atoms with Gasteiger partial charge in [0, 0.05) is 37.6 Å². The summed E-state index contributed by atoms with van der Waals surface area (Å²) in [5.74, 6) is -12.9. The number of anilines is 1. The van der Waals surface area contributed by atoms with Gasteiger partial charge in [0.15, 0.2) is 28.2 Å². The number of amides is 2. The number of benzene rings is 2. The highest BCUT2D eigenvalue weighted by molar-refractivity contribution is 7.89. The summed E-state index contributed by atoms with van der Waals surface area (Å²) in [6.45, 7) is -0.217. The van der Waals surface area contributed by atoms with E-state index in [9.17, 15) is 40.0 Å². The molecule has 1 atom stereocenters. The molecule has 0 radical (unpaired) electrons. The second-order valence-electron chi connectivity index (χ2n) is 11.7. The number of hydrogen-bond donors (Lipinski definition) is 0. The molecule has 1 unspecified atom stereocenters. The SMILES string of the molecule is CN1Cc2cc(N(Cc3ccc(C4CCCCC4)cn3)C(=O)C3CCN3S(=O)(=O)c3c(F)c(F)c(F)c(F)c3F)ccc2C1=O. The average Bonchev–Trinajstić information content (AvgIpc) is 3.29. The van der Waals surface area contributed by atoms with Crippen LogP contribution in [0.5, 0.6) is 0 Å². The van der Waals surface area contributed by atoms with Crippen LogP contribution in [0.15, 0.2) is 41.4 Å². The lowest BCUT2D eigenvalue weighted by Gasteiger charge is -2.41. The van der Waals surface area contributed by atoms with E-state index in [-0.39, 0.29) is 32.0 Å². The van der Waals surface area contributed by atoms with E-state index >= 15 is 0 Å². The van der Waals surface area contributed by atoms with E-state index in [4.69, 9.17) is 0 Å². The molecule has 14 heteroatoms. The fraction of sp³-hybridized carbons (Fsp3) is 0.387. The average molecular weight is 649 g/mol. The van der Waals surface area contributed by atoms with Crippen LogP contribution in [-0.2, 0) is 27.9 Å². The molecule has 2 fully saturated rings. The molecule has 3 aromatic rings. The van der Waals surface area contributed by atoms with E-state index in [1.807, 2.05) is 6.07 Å². The lowest BCUT2D eigenvalue weighted by Crippen LogP contribution is -2.59. The van der Waals surface area contributed by atoms with Gasteiger partial charge in [0.25, 0.3) is 5.91 Å². The molecule has 1 saturated heterocycles. The Balaban J connectivity index is 1.33. The molecule has 0 spiro atoms. The molecule has 1 saturated carbocycles. The first-order valence-electron chi connectivity index (χ1n) is 14.6. The van der Waals surface area contributed by atoms with Gasteiger partial charge >= 0.3 is 0 Å². The first-order chi connectivity index (χ1) is 21.4. The van der Waals surface area contributed by atoms with Crippen molar-refractivity contribution in [1.82, 2.24) is 14.2 Å². The predicted octanol–water partition coefficient (Wildman–Crippen LogP) is 5.41. The summed E-state index contributed by atoms with van der Waals surface area (Å²) in [7, 11) is -3.70.